The maximum Gasteiger partial charge on any atom is 0.159 e. The fourth-order valence-corrected chi connectivity index (χ4v) is 19.2. The van der Waals surface area contributed by atoms with Crippen LogP contribution in [0.4, 0.5) is 34.1 Å². The van der Waals surface area contributed by atoms with Crippen molar-refractivity contribution in [2.45, 2.75) is 163 Å². The van der Waals surface area contributed by atoms with Crippen molar-refractivity contribution in [1.82, 2.24) is 13.7 Å². The van der Waals surface area contributed by atoms with Crippen LogP contribution in [0.1, 0.15) is 192 Å². The van der Waals surface area contributed by atoms with Crippen molar-refractivity contribution in [2.75, 3.05) is 9.80 Å². The molecule has 0 saturated carbocycles. The summed E-state index contributed by atoms with van der Waals surface area (Å²) in [6.45, 7) is 41.4. The average molecular weight is 1580 g/mol. The number of anilines is 6. The molecule has 0 aliphatic carbocycles. The third kappa shape index (κ3) is 12.2. The van der Waals surface area contributed by atoms with Crippen molar-refractivity contribution in [1.29, 1.82) is 0 Å². The number of furan rings is 1. The van der Waals surface area contributed by atoms with Crippen LogP contribution in [0.5, 0.6) is 0 Å². The number of nitrogens with zero attached hydrogens (tertiary/aromatic N) is 5. The first-order chi connectivity index (χ1) is 61.1. The summed E-state index contributed by atoms with van der Waals surface area (Å²) < 4.78 is 89.6. The molecule has 0 radical (unpaired) electrons. The predicted octanol–water partition coefficient (Wildman–Crippen LogP) is 32.4. The van der Waals surface area contributed by atoms with Gasteiger partial charge >= 0.3 is 0 Å². The van der Waals surface area contributed by atoms with Gasteiger partial charge in [-0.25, -0.2) is 0 Å². The highest BCUT2D eigenvalue weighted by molar-refractivity contribution is 6.17. The standard InChI is InChI=1S/C115H105N5O/c1-110(2,3)75-44-51-96-90(62-75)91-63-76(111(4,5)6)45-52-97(91)116(96)81-48-50-89-103(66-81)120(101-42-30-38-87-86-37-29-41-100(108(86)121-109(87)101)119-94-39-27-25-35-84(94)85-36-26-28-40-95(85)119)105-68-83(117-98-53-46-77(112(7,8)9)64-92(98)93-65-78(113(10,11)12)47-54-99(93)117)67-104-107(105)106(89)88-49-43-71(74-56-79(114(13,14)15)61-80(57-74)115(16,17)18)60-102(88)118(104)82-58-72(69-31-21-19-22-32-69)55-73(59-82)70-33-23-20-24-34-70/h19-68,106H,1-18H3/i25D,26D,27D,28D,35D,36D,39D,40D. The Morgan fingerprint density at radius 3 is 1.10 bits per heavy atom. The number of hydrogen-bond acceptors (Lipinski definition) is 3. The van der Waals surface area contributed by atoms with Crippen LogP contribution in [-0.4, -0.2) is 13.7 Å². The molecule has 1 unspecified atom stereocenters. The molecule has 19 aromatic rings. The molecule has 0 spiro atoms. The summed E-state index contributed by atoms with van der Waals surface area (Å²) in [5.41, 5.74) is 28.9. The summed E-state index contributed by atoms with van der Waals surface area (Å²) in [6, 6.07) is 91.8. The van der Waals surface area contributed by atoms with Gasteiger partial charge in [0.25, 0.3) is 0 Å². The van der Waals surface area contributed by atoms with E-state index < -0.39 is 54.3 Å². The first-order valence-corrected chi connectivity index (χ1v) is 42.7. The number of hydrogen-bond donors (Lipinski definition) is 0. The topological polar surface area (TPSA) is 34.4 Å². The van der Waals surface area contributed by atoms with Crippen molar-refractivity contribution in [3.63, 3.8) is 0 Å². The zero-order valence-corrected chi connectivity index (χ0v) is 72.5. The van der Waals surface area contributed by atoms with Crippen LogP contribution in [0, 0.1) is 0 Å². The summed E-state index contributed by atoms with van der Waals surface area (Å²) in [5, 5.41) is 6.01. The Balaban J connectivity index is 0.944. The Labute approximate surface area is 722 Å². The van der Waals surface area contributed by atoms with Gasteiger partial charge in [-0.3, -0.25) is 0 Å². The lowest BCUT2D eigenvalue weighted by Gasteiger charge is -2.45. The molecule has 121 heavy (non-hydrogen) atoms. The highest BCUT2D eigenvalue weighted by Crippen LogP contribution is 2.64. The van der Waals surface area contributed by atoms with Crippen molar-refractivity contribution in [2.24, 2.45) is 0 Å². The molecule has 6 heterocycles. The Bertz CT molecular complexity index is 7730. The molecule has 2 aliphatic heterocycles. The summed E-state index contributed by atoms with van der Waals surface area (Å²) in [7, 11) is 0. The Morgan fingerprint density at radius 2 is 0.636 bits per heavy atom. The average Bonchev–Trinajstić information content (AvgIpc) is 1.69. The monoisotopic (exact) mass is 1580 g/mol. The second-order valence-electron chi connectivity index (χ2n) is 40.1. The molecule has 6 nitrogen and oxygen atoms in total. The van der Waals surface area contributed by atoms with Crippen LogP contribution in [0.2, 0.25) is 0 Å². The van der Waals surface area contributed by atoms with Gasteiger partial charge in [-0.1, -0.05) is 306 Å². The van der Waals surface area contributed by atoms with E-state index in [2.05, 4.69) is 380 Å². The second-order valence-corrected chi connectivity index (χ2v) is 40.1. The Hall–Kier alpha value is -12.9. The molecule has 0 bridgehead atoms. The smallest absolute Gasteiger partial charge is 0.159 e. The van der Waals surface area contributed by atoms with Gasteiger partial charge < -0.3 is 27.9 Å². The molecule has 0 saturated heterocycles. The minimum absolute atomic E-state index is 0.00188. The van der Waals surface area contributed by atoms with Gasteiger partial charge in [0.05, 0.1) is 83.9 Å². The van der Waals surface area contributed by atoms with Gasteiger partial charge in [-0.05, 0) is 232 Å². The fourth-order valence-electron chi connectivity index (χ4n) is 19.2. The molecular weight excluding hydrogens is 1470 g/mol. The summed E-state index contributed by atoms with van der Waals surface area (Å²) in [6.07, 6.45) is 0. The zero-order chi connectivity index (χ0) is 90.6. The molecular formula is C115H105N5O. The quantitative estimate of drug-likeness (QED) is 0.152. The largest absolute Gasteiger partial charge is 0.452 e. The van der Waals surface area contributed by atoms with Crippen LogP contribution >= 0.6 is 0 Å². The molecule has 6 heteroatoms. The van der Waals surface area contributed by atoms with E-state index in [4.69, 9.17) is 7.16 Å². The molecule has 596 valence electrons. The van der Waals surface area contributed by atoms with E-state index in [-0.39, 0.29) is 54.3 Å². The second kappa shape index (κ2) is 26.8. The Morgan fingerprint density at radius 1 is 0.240 bits per heavy atom. The van der Waals surface area contributed by atoms with E-state index in [1.807, 2.05) is 18.2 Å². The first-order valence-electron chi connectivity index (χ1n) is 46.7. The van der Waals surface area contributed by atoms with E-state index in [9.17, 15) is 8.22 Å². The number of aromatic nitrogens is 3. The molecule has 0 amide bonds. The third-order valence-electron chi connectivity index (χ3n) is 25.9. The zero-order valence-electron chi connectivity index (χ0n) is 80.5. The lowest BCUT2D eigenvalue weighted by atomic mass is 9.74. The van der Waals surface area contributed by atoms with E-state index in [1.165, 1.54) is 33.4 Å². The lowest BCUT2D eigenvalue weighted by Crippen LogP contribution is -2.30. The van der Waals surface area contributed by atoms with Crippen LogP contribution in [0.25, 0.3) is 138 Å². The van der Waals surface area contributed by atoms with Gasteiger partial charge in [-0.2, -0.15) is 0 Å². The SMILES string of the molecule is [2H]c1c([2H])c([2H])c2c(c1[2H])c1c([2H])c([2H])c([2H])c([2H])c1n2-c1cccc2c1oc1c(N3c4cc(-n5c6ccc(C(C)(C)C)cc6c6cc(C(C)(C)C)ccc65)ccc4C4c5ccc(-c6cc(C(C)(C)C)cc(C(C)(C)C)c6)cc5N(c5cc(-c6ccccc6)cc(-c6ccccc6)c5)c5cc(-n6c7ccc(C(C)(C)C)cc7c7cc(C(C)(C)C)ccc76)cc3c54)cccc12. The van der Waals surface area contributed by atoms with Gasteiger partial charge in [0.2, 0.25) is 0 Å². The summed E-state index contributed by atoms with van der Waals surface area (Å²) >= 11 is 0. The maximum absolute atomic E-state index is 9.77. The molecule has 15 aromatic carbocycles. The van der Waals surface area contributed by atoms with Crippen LogP contribution < -0.4 is 9.80 Å². The van der Waals surface area contributed by atoms with E-state index >= 15 is 0 Å². The minimum Gasteiger partial charge on any atom is -0.452 e. The minimum atomic E-state index is -0.514. The van der Waals surface area contributed by atoms with Crippen molar-refractivity contribution in [3.8, 4) is 50.4 Å². The van der Waals surface area contributed by atoms with E-state index in [0.717, 1.165) is 139 Å². The molecule has 2 aliphatic rings. The maximum atomic E-state index is 9.77. The Kier molecular flexibility index (Phi) is 14.8. The van der Waals surface area contributed by atoms with Crippen molar-refractivity contribution < 1.29 is 15.4 Å². The summed E-state index contributed by atoms with van der Waals surface area (Å²) in [4.78, 5) is 5.04. The molecule has 1 atom stereocenters. The first kappa shape index (κ1) is 66.9. The molecule has 0 fully saturated rings. The van der Waals surface area contributed by atoms with Gasteiger partial charge in [-0.15, -0.1) is 0 Å². The molecule has 0 N–H and O–H groups in total. The lowest BCUT2D eigenvalue weighted by molar-refractivity contribution is 0.569. The number of rotatable bonds is 8. The summed E-state index contributed by atoms with van der Waals surface area (Å²) in [5.74, 6) is -0.429. The highest BCUT2D eigenvalue weighted by Gasteiger charge is 2.44. The number of benzene rings is 15. The van der Waals surface area contributed by atoms with Gasteiger partial charge in [0.15, 0.2) is 11.2 Å². The molecule has 21 rings (SSSR count). The van der Waals surface area contributed by atoms with Crippen molar-refractivity contribution >= 4 is 121 Å². The normalized spacial score (nSPS) is 15.0. The third-order valence-corrected chi connectivity index (χ3v) is 25.9. The van der Waals surface area contributed by atoms with Gasteiger partial charge in [0.1, 0.15) is 0 Å². The number of fused-ring (bicyclic) bond motifs is 16. The van der Waals surface area contributed by atoms with Crippen LogP contribution in [-0.2, 0) is 32.5 Å². The van der Waals surface area contributed by atoms with E-state index in [0.29, 0.717) is 27.9 Å². The van der Waals surface area contributed by atoms with Crippen molar-refractivity contribution in [3.05, 3.63) is 353 Å². The van der Waals surface area contributed by atoms with E-state index in [1.54, 1.807) is 4.57 Å². The highest BCUT2D eigenvalue weighted by atomic mass is 16.3. The van der Waals surface area contributed by atoms with Crippen LogP contribution in [0.15, 0.2) is 308 Å². The molecule has 4 aromatic heterocycles. The number of para-hydroxylation sites is 4. The van der Waals surface area contributed by atoms with Gasteiger partial charge in [0, 0.05) is 65.9 Å². The van der Waals surface area contributed by atoms with Crippen LogP contribution in [0.3, 0.4) is 0 Å². The fraction of sp³-hybridized carbons (Fsp3) is 0.217. The predicted molar refractivity (Wildman–Crippen MR) is 516 cm³/mol.